The van der Waals surface area contributed by atoms with Crippen molar-refractivity contribution < 1.29 is 14.6 Å². The summed E-state index contributed by atoms with van der Waals surface area (Å²) in [6, 6.07) is 6.46. The molecule has 1 aromatic carbocycles. The van der Waals surface area contributed by atoms with E-state index in [9.17, 15) is 9.90 Å². The molecule has 0 radical (unpaired) electrons. The van der Waals surface area contributed by atoms with Crippen LogP contribution in [0.3, 0.4) is 0 Å². The van der Waals surface area contributed by atoms with Crippen LogP contribution in [0.15, 0.2) is 30.0 Å². The molecule has 1 aliphatic heterocycles. The van der Waals surface area contributed by atoms with E-state index < -0.39 is 5.97 Å². The molecule has 1 saturated carbocycles. The number of benzene rings is 1. The average Bonchev–Trinajstić information content (AvgIpc) is 3.37. The third-order valence-corrected chi connectivity index (χ3v) is 6.80. The summed E-state index contributed by atoms with van der Waals surface area (Å²) >= 11 is 0. The highest BCUT2D eigenvalue weighted by atomic mass is 16.5. The summed E-state index contributed by atoms with van der Waals surface area (Å²) in [6.45, 7) is 5.87. The van der Waals surface area contributed by atoms with Gasteiger partial charge in [0.15, 0.2) is 0 Å². The molecule has 9 heteroatoms. The number of methoxy groups -OCH3 is 1. The van der Waals surface area contributed by atoms with E-state index >= 15 is 0 Å². The monoisotopic (exact) mass is 480 g/mol. The lowest BCUT2D eigenvalue weighted by molar-refractivity contribution is -0.132. The quantitative estimate of drug-likeness (QED) is 0.455. The molecule has 9 nitrogen and oxygen atoms in total. The van der Waals surface area contributed by atoms with Crippen LogP contribution in [0.2, 0.25) is 0 Å². The van der Waals surface area contributed by atoms with Crippen LogP contribution < -0.4 is 20.3 Å². The molecule has 2 heterocycles. The van der Waals surface area contributed by atoms with Gasteiger partial charge < -0.3 is 30.3 Å². The molecule has 35 heavy (non-hydrogen) atoms. The van der Waals surface area contributed by atoms with Crippen molar-refractivity contribution in [3.63, 3.8) is 0 Å². The van der Waals surface area contributed by atoms with E-state index in [2.05, 4.69) is 38.5 Å². The number of hydrogen-bond donors (Lipinski definition) is 3. The number of likely N-dealkylation sites (N-methyl/N-ethyl adjacent to an activating group) is 1. The third-order valence-electron chi connectivity index (χ3n) is 6.80. The second-order valence-corrected chi connectivity index (χ2v) is 9.25. The topological polar surface area (TPSA) is 103 Å². The van der Waals surface area contributed by atoms with E-state index in [4.69, 9.17) is 9.72 Å². The molecule has 3 N–H and O–H groups in total. The Labute approximate surface area is 207 Å². The second-order valence-electron chi connectivity index (χ2n) is 9.25. The third kappa shape index (κ3) is 6.22. The van der Waals surface area contributed by atoms with Crippen LogP contribution in [0.25, 0.3) is 6.08 Å². The van der Waals surface area contributed by atoms with Crippen molar-refractivity contribution in [3.05, 3.63) is 35.5 Å². The number of piperazine rings is 1. The van der Waals surface area contributed by atoms with E-state index in [0.717, 1.165) is 56.1 Å². The van der Waals surface area contributed by atoms with Gasteiger partial charge in [0.2, 0.25) is 5.95 Å². The predicted molar refractivity (Wildman–Crippen MR) is 140 cm³/mol. The molecule has 2 aliphatic rings. The molecule has 0 spiro atoms. The van der Waals surface area contributed by atoms with Crippen molar-refractivity contribution in [2.24, 2.45) is 0 Å². The van der Waals surface area contributed by atoms with Gasteiger partial charge in [0.25, 0.3) is 0 Å². The molecule has 2 fully saturated rings. The summed E-state index contributed by atoms with van der Waals surface area (Å²) in [4.78, 5) is 25.5. The maximum absolute atomic E-state index is 11.6. The Kier molecular flexibility index (Phi) is 8.07. The van der Waals surface area contributed by atoms with Gasteiger partial charge in [-0.2, -0.15) is 4.98 Å². The zero-order chi connectivity index (χ0) is 24.8. The Balaban J connectivity index is 1.59. The number of aromatic nitrogens is 2. The fourth-order valence-corrected chi connectivity index (χ4v) is 4.60. The number of carboxylic acids is 1. The Bertz CT molecular complexity index is 1060. The van der Waals surface area contributed by atoms with Crippen LogP contribution >= 0.6 is 0 Å². The fourth-order valence-electron chi connectivity index (χ4n) is 4.60. The number of ether oxygens (including phenoxy) is 1. The molecule has 1 aromatic heterocycles. The van der Waals surface area contributed by atoms with Crippen LogP contribution in [-0.4, -0.2) is 72.3 Å². The SMILES string of the molecule is CCC(=Cc1cnc(Nc2ccc(N3CCN(C)CC3)cc2OC)nc1NC1CCCC1)C(=O)O. The van der Waals surface area contributed by atoms with Gasteiger partial charge in [0, 0.05) is 61.3 Å². The minimum atomic E-state index is -0.924. The first kappa shape index (κ1) is 24.8. The summed E-state index contributed by atoms with van der Waals surface area (Å²) in [5.74, 6) is 0.876. The first-order valence-corrected chi connectivity index (χ1v) is 12.4. The van der Waals surface area contributed by atoms with Crippen molar-refractivity contribution in [2.75, 3.05) is 55.9 Å². The summed E-state index contributed by atoms with van der Waals surface area (Å²) in [7, 11) is 3.81. The predicted octanol–water partition coefficient (Wildman–Crippen LogP) is 4.21. The van der Waals surface area contributed by atoms with E-state index in [1.165, 1.54) is 12.8 Å². The number of nitrogens with zero attached hydrogens (tertiary/aromatic N) is 4. The normalized spacial score (nSPS) is 17.5. The molecule has 0 atom stereocenters. The van der Waals surface area contributed by atoms with Crippen LogP contribution in [0.5, 0.6) is 5.75 Å². The number of rotatable bonds is 9. The van der Waals surface area contributed by atoms with Crippen molar-refractivity contribution in [2.45, 2.75) is 45.1 Å². The van der Waals surface area contributed by atoms with Gasteiger partial charge >= 0.3 is 5.97 Å². The van der Waals surface area contributed by atoms with Crippen molar-refractivity contribution in [1.29, 1.82) is 0 Å². The van der Waals surface area contributed by atoms with Crippen molar-refractivity contribution in [1.82, 2.24) is 14.9 Å². The summed E-state index contributed by atoms with van der Waals surface area (Å²) in [6.07, 6.45) is 8.30. The molecule has 1 aliphatic carbocycles. The smallest absolute Gasteiger partial charge is 0.331 e. The van der Waals surface area contributed by atoms with Gasteiger partial charge in [0.1, 0.15) is 11.6 Å². The molecule has 188 valence electrons. The van der Waals surface area contributed by atoms with Gasteiger partial charge in [-0.25, -0.2) is 9.78 Å². The van der Waals surface area contributed by atoms with Gasteiger partial charge in [-0.05, 0) is 44.5 Å². The molecule has 1 saturated heterocycles. The molecule has 2 aromatic rings. The Hall–Kier alpha value is -3.33. The van der Waals surface area contributed by atoms with E-state index in [0.29, 0.717) is 35.4 Å². The number of nitrogens with one attached hydrogen (secondary N) is 2. The zero-order valence-corrected chi connectivity index (χ0v) is 20.9. The summed E-state index contributed by atoms with van der Waals surface area (Å²) in [5, 5.41) is 16.3. The summed E-state index contributed by atoms with van der Waals surface area (Å²) in [5.41, 5.74) is 2.91. The lowest BCUT2D eigenvalue weighted by Gasteiger charge is -2.34. The maximum Gasteiger partial charge on any atom is 0.331 e. The van der Waals surface area contributed by atoms with Gasteiger partial charge in [-0.1, -0.05) is 19.8 Å². The second kappa shape index (κ2) is 11.4. The molecular formula is C26H36N6O3. The first-order valence-electron chi connectivity index (χ1n) is 12.4. The van der Waals surface area contributed by atoms with Crippen LogP contribution in [-0.2, 0) is 4.79 Å². The first-order chi connectivity index (χ1) is 17.0. The highest BCUT2D eigenvalue weighted by Gasteiger charge is 2.19. The molecule has 0 amide bonds. The highest BCUT2D eigenvalue weighted by Crippen LogP contribution is 2.33. The zero-order valence-electron chi connectivity index (χ0n) is 20.9. The Morgan fingerprint density at radius 3 is 2.63 bits per heavy atom. The van der Waals surface area contributed by atoms with E-state index in [1.54, 1.807) is 19.4 Å². The molecule has 4 rings (SSSR count). The number of carboxylic acid groups (broad SMARTS) is 1. The minimum Gasteiger partial charge on any atom is -0.494 e. The number of carbonyl (C=O) groups is 1. The van der Waals surface area contributed by atoms with Crippen molar-refractivity contribution >= 4 is 35.2 Å². The standard InChI is InChI=1S/C26H36N6O3/c1-4-18(25(33)34)15-19-17-27-26(30-24(19)28-20-7-5-6-8-20)29-22-10-9-21(16-23(22)35-3)32-13-11-31(2)12-14-32/h9-10,15-17,20H,4-8,11-14H2,1-3H3,(H,33,34)(H2,27,28,29,30). The minimum absolute atomic E-state index is 0.324. The van der Waals surface area contributed by atoms with Crippen molar-refractivity contribution in [3.8, 4) is 5.75 Å². The van der Waals surface area contributed by atoms with Gasteiger partial charge in [0.05, 0.1) is 12.8 Å². The Morgan fingerprint density at radius 1 is 1.23 bits per heavy atom. The lowest BCUT2D eigenvalue weighted by atomic mass is 10.1. The molecule has 0 unspecified atom stereocenters. The highest BCUT2D eigenvalue weighted by molar-refractivity contribution is 5.93. The van der Waals surface area contributed by atoms with Crippen LogP contribution in [0.4, 0.5) is 23.1 Å². The summed E-state index contributed by atoms with van der Waals surface area (Å²) < 4.78 is 5.68. The lowest BCUT2D eigenvalue weighted by Crippen LogP contribution is -2.44. The molecule has 0 bridgehead atoms. The van der Waals surface area contributed by atoms with Gasteiger partial charge in [-0.15, -0.1) is 0 Å². The number of anilines is 4. The Morgan fingerprint density at radius 2 is 1.97 bits per heavy atom. The van der Waals surface area contributed by atoms with Crippen LogP contribution in [0, 0.1) is 0 Å². The maximum atomic E-state index is 11.6. The number of aliphatic carboxylic acids is 1. The molecular weight excluding hydrogens is 444 g/mol. The van der Waals surface area contributed by atoms with E-state index in [-0.39, 0.29) is 0 Å². The number of hydrogen-bond acceptors (Lipinski definition) is 8. The fraction of sp³-hybridized carbons (Fsp3) is 0.500. The average molecular weight is 481 g/mol. The van der Waals surface area contributed by atoms with Crippen LogP contribution in [0.1, 0.15) is 44.6 Å². The largest absolute Gasteiger partial charge is 0.494 e. The van der Waals surface area contributed by atoms with Gasteiger partial charge in [-0.3, -0.25) is 0 Å². The van der Waals surface area contributed by atoms with E-state index in [1.807, 2.05) is 19.1 Å².